The van der Waals surface area contributed by atoms with Crippen molar-refractivity contribution in [3.63, 3.8) is 0 Å². The van der Waals surface area contributed by atoms with E-state index < -0.39 is 0 Å². The van der Waals surface area contributed by atoms with Gasteiger partial charge >= 0.3 is 6.01 Å². The van der Waals surface area contributed by atoms with Crippen LogP contribution >= 0.6 is 0 Å². The molecule has 3 N–H and O–H groups in total. The van der Waals surface area contributed by atoms with Gasteiger partial charge in [-0.25, -0.2) is 0 Å². The Hall–Kier alpha value is -2.28. The molecule has 0 spiro atoms. The summed E-state index contributed by atoms with van der Waals surface area (Å²) in [5, 5.41) is 10.9. The lowest BCUT2D eigenvalue weighted by molar-refractivity contribution is 0.354. The van der Waals surface area contributed by atoms with Gasteiger partial charge in [-0.2, -0.15) is 0 Å². The van der Waals surface area contributed by atoms with Crippen LogP contribution in [0.2, 0.25) is 0 Å². The van der Waals surface area contributed by atoms with Crippen LogP contribution in [-0.2, 0) is 12.8 Å². The van der Waals surface area contributed by atoms with Gasteiger partial charge in [0.1, 0.15) is 0 Å². The Morgan fingerprint density at radius 2 is 1.95 bits per heavy atom. The van der Waals surface area contributed by atoms with Crippen molar-refractivity contribution < 1.29 is 13.9 Å². The molecule has 0 atom stereocenters. The predicted molar refractivity (Wildman–Crippen MR) is 78.8 cm³/mol. The molecular weight excluding hydrogens is 272 g/mol. The maximum atomic E-state index is 5.43. The fraction of sp³-hybridized carbons (Fsp3) is 0.429. The highest BCUT2D eigenvalue weighted by Gasteiger charge is 2.06. The average Bonchev–Trinajstić information content (AvgIpc) is 2.95. The zero-order chi connectivity index (χ0) is 15.1. The van der Waals surface area contributed by atoms with E-state index in [2.05, 4.69) is 15.5 Å². The zero-order valence-electron chi connectivity index (χ0n) is 12.3. The SMILES string of the molecule is COc1ccc(CCNc2nnc(CCN)o2)cc1OC. The monoisotopic (exact) mass is 292 g/mol. The fourth-order valence-electron chi connectivity index (χ4n) is 1.90. The summed E-state index contributed by atoms with van der Waals surface area (Å²) < 4.78 is 15.9. The van der Waals surface area contributed by atoms with Crippen LogP contribution in [0.1, 0.15) is 11.5 Å². The van der Waals surface area contributed by atoms with Crippen LogP contribution in [0.3, 0.4) is 0 Å². The number of methoxy groups -OCH3 is 2. The molecule has 0 bridgehead atoms. The number of nitrogens with two attached hydrogens (primary N) is 1. The topological polar surface area (TPSA) is 95.4 Å². The second-order valence-corrected chi connectivity index (χ2v) is 4.41. The minimum absolute atomic E-state index is 0.416. The fourth-order valence-corrected chi connectivity index (χ4v) is 1.90. The van der Waals surface area contributed by atoms with E-state index in [-0.39, 0.29) is 0 Å². The first kappa shape index (κ1) is 15.1. The van der Waals surface area contributed by atoms with E-state index in [0.29, 0.717) is 31.4 Å². The van der Waals surface area contributed by atoms with Gasteiger partial charge in [0, 0.05) is 19.5 Å². The molecule has 0 aliphatic carbocycles. The van der Waals surface area contributed by atoms with Crippen molar-refractivity contribution in [1.29, 1.82) is 0 Å². The van der Waals surface area contributed by atoms with E-state index in [1.165, 1.54) is 0 Å². The van der Waals surface area contributed by atoms with Gasteiger partial charge in [-0.3, -0.25) is 0 Å². The Labute approximate surface area is 123 Å². The van der Waals surface area contributed by atoms with Gasteiger partial charge in [0.2, 0.25) is 5.89 Å². The van der Waals surface area contributed by atoms with Gasteiger partial charge in [-0.05, 0) is 24.1 Å². The summed E-state index contributed by atoms with van der Waals surface area (Å²) in [6.45, 7) is 1.17. The first-order valence-corrected chi connectivity index (χ1v) is 6.74. The molecule has 7 nitrogen and oxygen atoms in total. The predicted octanol–water partition coefficient (Wildman–Crippen LogP) is 1.24. The van der Waals surface area contributed by atoms with Crippen LogP contribution in [0, 0.1) is 0 Å². The Morgan fingerprint density at radius 1 is 1.14 bits per heavy atom. The maximum absolute atomic E-state index is 5.43. The van der Waals surface area contributed by atoms with Crippen molar-refractivity contribution in [3.05, 3.63) is 29.7 Å². The molecule has 0 fully saturated rings. The van der Waals surface area contributed by atoms with E-state index in [0.717, 1.165) is 23.5 Å². The molecule has 114 valence electrons. The third-order valence-corrected chi connectivity index (χ3v) is 2.96. The van der Waals surface area contributed by atoms with Crippen LogP contribution in [0.25, 0.3) is 0 Å². The van der Waals surface area contributed by atoms with Crippen molar-refractivity contribution in [3.8, 4) is 11.5 Å². The summed E-state index contributed by atoms with van der Waals surface area (Å²) in [5.41, 5.74) is 6.55. The summed E-state index contributed by atoms with van der Waals surface area (Å²) in [6, 6.07) is 6.25. The molecule has 0 amide bonds. The van der Waals surface area contributed by atoms with E-state index in [9.17, 15) is 0 Å². The molecule has 1 aromatic carbocycles. The first-order valence-electron chi connectivity index (χ1n) is 6.74. The number of benzene rings is 1. The molecule has 2 aromatic rings. The molecule has 0 saturated heterocycles. The lowest BCUT2D eigenvalue weighted by atomic mass is 10.1. The number of ether oxygens (including phenoxy) is 2. The third kappa shape index (κ3) is 4.09. The summed E-state index contributed by atoms with van der Waals surface area (Å²) >= 11 is 0. The molecule has 2 rings (SSSR count). The minimum atomic E-state index is 0.416. The van der Waals surface area contributed by atoms with Crippen LogP contribution < -0.4 is 20.5 Å². The highest BCUT2D eigenvalue weighted by atomic mass is 16.5. The lowest BCUT2D eigenvalue weighted by Crippen LogP contribution is -2.05. The van der Waals surface area contributed by atoms with Gasteiger partial charge in [0.15, 0.2) is 11.5 Å². The van der Waals surface area contributed by atoms with Gasteiger partial charge in [-0.1, -0.05) is 11.2 Å². The number of anilines is 1. The Kier molecular flexibility index (Phi) is 5.39. The highest BCUT2D eigenvalue weighted by molar-refractivity contribution is 5.43. The molecule has 0 saturated carbocycles. The summed E-state index contributed by atoms with van der Waals surface area (Å²) in [4.78, 5) is 0. The normalized spacial score (nSPS) is 10.4. The second kappa shape index (κ2) is 7.49. The number of hydrogen-bond donors (Lipinski definition) is 2. The standard InChI is InChI=1S/C14H20N4O3/c1-19-11-4-3-10(9-12(11)20-2)6-8-16-14-18-17-13(21-14)5-7-15/h3-4,9H,5-8,15H2,1-2H3,(H,16,18). The van der Waals surface area contributed by atoms with Gasteiger partial charge in [0.05, 0.1) is 14.2 Å². The zero-order valence-corrected chi connectivity index (χ0v) is 12.3. The minimum Gasteiger partial charge on any atom is -0.493 e. The van der Waals surface area contributed by atoms with Gasteiger partial charge in [0.25, 0.3) is 0 Å². The van der Waals surface area contributed by atoms with Crippen molar-refractivity contribution in [2.45, 2.75) is 12.8 Å². The quantitative estimate of drug-likeness (QED) is 0.755. The number of aromatic nitrogens is 2. The third-order valence-electron chi connectivity index (χ3n) is 2.96. The molecule has 0 unspecified atom stereocenters. The molecule has 0 aliphatic heterocycles. The van der Waals surface area contributed by atoms with Crippen molar-refractivity contribution >= 4 is 6.01 Å². The number of hydrogen-bond acceptors (Lipinski definition) is 7. The lowest BCUT2D eigenvalue weighted by Gasteiger charge is -2.09. The second-order valence-electron chi connectivity index (χ2n) is 4.41. The molecule has 1 aromatic heterocycles. The summed E-state index contributed by atoms with van der Waals surface area (Å²) in [7, 11) is 3.24. The van der Waals surface area contributed by atoms with Crippen LogP contribution in [0.5, 0.6) is 11.5 Å². The van der Waals surface area contributed by atoms with E-state index in [1.807, 2.05) is 18.2 Å². The first-order chi connectivity index (χ1) is 10.3. The summed E-state index contributed by atoms with van der Waals surface area (Å²) in [5.74, 6) is 1.99. The molecular formula is C14H20N4O3. The number of nitrogens with one attached hydrogen (secondary N) is 1. The Balaban J connectivity index is 1.87. The van der Waals surface area contributed by atoms with E-state index in [4.69, 9.17) is 19.6 Å². The number of nitrogens with zero attached hydrogens (tertiary/aromatic N) is 2. The molecule has 1 heterocycles. The summed E-state index contributed by atoms with van der Waals surface area (Å²) in [6.07, 6.45) is 1.39. The van der Waals surface area contributed by atoms with Crippen molar-refractivity contribution in [1.82, 2.24) is 10.2 Å². The van der Waals surface area contributed by atoms with Crippen LogP contribution in [0.15, 0.2) is 22.6 Å². The van der Waals surface area contributed by atoms with Gasteiger partial charge < -0.3 is 24.9 Å². The smallest absolute Gasteiger partial charge is 0.315 e. The largest absolute Gasteiger partial charge is 0.493 e. The highest BCUT2D eigenvalue weighted by Crippen LogP contribution is 2.27. The molecule has 7 heteroatoms. The molecule has 0 radical (unpaired) electrons. The maximum Gasteiger partial charge on any atom is 0.315 e. The average molecular weight is 292 g/mol. The van der Waals surface area contributed by atoms with Crippen LogP contribution in [-0.4, -0.2) is 37.5 Å². The number of rotatable bonds is 8. The van der Waals surface area contributed by atoms with Crippen molar-refractivity contribution in [2.24, 2.45) is 5.73 Å². The van der Waals surface area contributed by atoms with Crippen molar-refractivity contribution in [2.75, 3.05) is 32.6 Å². The van der Waals surface area contributed by atoms with E-state index in [1.54, 1.807) is 14.2 Å². The van der Waals surface area contributed by atoms with Gasteiger partial charge in [-0.15, -0.1) is 5.10 Å². The molecule has 21 heavy (non-hydrogen) atoms. The molecule has 0 aliphatic rings. The van der Waals surface area contributed by atoms with Crippen LogP contribution in [0.4, 0.5) is 6.01 Å². The Bertz CT molecular complexity index is 571. The van der Waals surface area contributed by atoms with E-state index >= 15 is 0 Å². The Morgan fingerprint density at radius 3 is 2.67 bits per heavy atom.